The first-order valence-electron chi connectivity index (χ1n) is 2.63. The number of hydrogen-bond donors (Lipinski definition) is 1. The topological polar surface area (TPSA) is 37.3 Å². The fourth-order valence-corrected chi connectivity index (χ4v) is 0.408. The Morgan fingerprint density at radius 1 is 1.50 bits per heavy atom. The van der Waals surface area contributed by atoms with Crippen LogP contribution in [0.3, 0.4) is 0 Å². The van der Waals surface area contributed by atoms with E-state index in [1.54, 1.807) is 0 Å². The van der Waals surface area contributed by atoms with Gasteiger partial charge in [0.1, 0.15) is 0 Å². The van der Waals surface area contributed by atoms with Crippen molar-refractivity contribution in [3.05, 3.63) is 0 Å². The molecule has 0 aromatic carbocycles. The van der Waals surface area contributed by atoms with E-state index in [4.69, 9.17) is 5.11 Å². The summed E-state index contributed by atoms with van der Waals surface area (Å²) in [5.41, 5.74) is 0. The van der Waals surface area contributed by atoms with Crippen molar-refractivity contribution in [3.8, 4) is 0 Å². The van der Waals surface area contributed by atoms with Gasteiger partial charge >= 0.3 is 5.97 Å². The second-order valence-corrected chi connectivity index (χ2v) is 1.68. The molecule has 0 spiro atoms. The Kier molecular flexibility index (Phi) is 8.29. The van der Waals surface area contributed by atoms with Crippen molar-refractivity contribution in [1.82, 2.24) is 0 Å². The molecule has 0 aromatic rings. The van der Waals surface area contributed by atoms with Crippen LogP contribution in [0.1, 0.15) is 19.3 Å². The highest BCUT2D eigenvalue weighted by molar-refractivity contribution is 5.85. The molecule has 2 nitrogen and oxygen atoms in total. The van der Waals surface area contributed by atoms with Crippen LogP contribution in [0.5, 0.6) is 0 Å². The molecular weight excluding hydrogens is 166 g/mol. The van der Waals surface area contributed by atoms with Gasteiger partial charge in [0.05, 0.1) is 0 Å². The molecule has 0 aliphatic rings. The molecule has 0 heterocycles. The maximum Gasteiger partial charge on any atom is 0.303 e. The lowest BCUT2D eigenvalue weighted by atomic mass is 10.2. The van der Waals surface area contributed by atoms with E-state index in [9.17, 15) is 13.6 Å². The lowest BCUT2D eigenvalue weighted by molar-refractivity contribution is -0.137. The molecule has 62 valence electrons. The normalized spacial score (nSPS) is 9.10. The quantitative estimate of drug-likeness (QED) is 0.707. The largest absolute Gasteiger partial charge is 0.481 e. The molecule has 0 aliphatic carbocycles. The third kappa shape index (κ3) is 10.6. The summed E-state index contributed by atoms with van der Waals surface area (Å²) in [6.07, 6.45) is -2.78. The van der Waals surface area contributed by atoms with Crippen LogP contribution >= 0.6 is 12.4 Å². The molecule has 1 N–H and O–H groups in total. The molecule has 0 fully saturated rings. The van der Waals surface area contributed by atoms with Crippen molar-refractivity contribution < 1.29 is 18.7 Å². The van der Waals surface area contributed by atoms with Gasteiger partial charge in [-0.05, 0) is 6.42 Å². The van der Waals surface area contributed by atoms with Gasteiger partial charge in [-0.1, -0.05) is 0 Å². The summed E-state index contributed by atoms with van der Waals surface area (Å²) in [5, 5.41) is 7.98. The lowest BCUT2D eigenvalue weighted by Crippen LogP contribution is -1.96. The SMILES string of the molecule is Cl.O=C(O)CCCC(F)F. The molecule has 10 heavy (non-hydrogen) atoms. The monoisotopic (exact) mass is 174 g/mol. The number of carboxylic acid groups (broad SMARTS) is 1. The van der Waals surface area contributed by atoms with Gasteiger partial charge in [0.2, 0.25) is 6.43 Å². The number of carbonyl (C=O) groups is 1. The van der Waals surface area contributed by atoms with Crippen LogP contribution in [0, 0.1) is 0 Å². The molecule has 0 atom stereocenters. The zero-order valence-electron chi connectivity index (χ0n) is 5.22. The van der Waals surface area contributed by atoms with Crippen molar-refractivity contribution in [1.29, 1.82) is 0 Å². The van der Waals surface area contributed by atoms with Gasteiger partial charge in [0.25, 0.3) is 0 Å². The van der Waals surface area contributed by atoms with Crippen LogP contribution in [0.2, 0.25) is 0 Å². The summed E-state index contributed by atoms with van der Waals surface area (Å²) >= 11 is 0. The van der Waals surface area contributed by atoms with Crippen LogP contribution < -0.4 is 0 Å². The van der Waals surface area contributed by atoms with Crippen molar-refractivity contribution in [3.63, 3.8) is 0 Å². The van der Waals surface area contributed by atoms with Crippen molar-refractivity contribution >= 4 is 18.4 Å². The van der Waals surface area contributed by atoms with E-state index in [0.717, 1.165) is 0 Å². The lowest BCUT2D eigenvalue weighted by Gasteiger charge is -1.93. The van der Waals surface area contributed by atoms with E-state index in [1.165, 1.54) is 0 Å². The van der Waals surface area contributed by atoms with Crippen LogP contribution in [0.25, 0.3) is 0 Å². The van der Waals surface area contributed by atoms with Gasteiger partial charge in [0.15, 0.2) is 0 Å². The van der Waals surface area contributed by atoms with E-state index in [1.807, 2.05) is 0 Å². The Hall–Kier alpha value is -0.380. The molecule has 0 rings (SSSR count). The van der Waals surface area contributed by atoms with Gasteiger partial charge < -0.3 is 5.11 Å². The van der Waals surface area contributed by atoms with Gasteiger partial charge in [-0.25, -0.2) is 8.78 Å². The molecular formula is C5H9ClF2O2. The Bertz CT molecular complexity index is 97.6. The first-order chi connectivity index (χ1) is 4.13. The van der Waals surface area contributed by atoms with E-state index >= 15 is 0 Å². The summed E-state index contributed by atoms with van der Waals surface area (Å²) in [5.74, 6) is -1.02. The van der Waals surface area contributed by atoms with Gasteiger partial charge in [-0.2, -0.15) is 0 Å². The smallest absolute Gasteiger partial charge is 0.303 e. The van der Waals surface area contributed by atoms with Crippen molar-refractivity contribution in [2.45, 2.75) is 25.7 Å². The molecule has 0 aliphatic heterocycles. The van der Waals surface area contributed by atoms with Crippen LogP contribution in [-0.4, -0.2) is 17.5 Å². The predicted molar refractivity (Wildman–Crippen MR) is 34.7 cm³/mol. The summed E-state index contributed by atoms with van der Waals surface area (Å²) in [6.45, 7) is 0. The first kappa shape index (κ1) is 12.3. The number of carboxylic acids is 1. The van der Waals surface area contributed by atoms with E-state index in [0.29, 0.717) is 0 Å². The maximum atomic E-state index is 11.3. The van der Waals surface area contributed by atoms with Crippen molar-refractivity contribution in [2.75, 3.05) is 0 Å². The zero-order valence-corrected chi connectivity index (χ0v) is 6.03. The minimum absolute atomic E-state index is 0. The highest BCUT2D eigenvalue weighted by atomic mass is 35.5. The molecule has 0 radical (unpaired) electrons. The van der Waals surface area contributed by atoms with Crippen molar-refractivity contribution in [2.24, 2.45) is 0 Å². The summed E-state index contributed by atoms with van der Waals surface area (Å²) in [7, 11) is 0. The maximum absolute atomic E-state index is 11.3. The second kappa shape index (κ2) is 6.74. The van der Waals surface area contributed by atoms with E-state index < -0.39 is 12.4 Å². The third-order valence-corrected chi connectivity index (χ3v) is 0.813. The molecule has 0 aromatic heterocycles. The highest BCUT2D eigenvalue weighted by Gasteiger charge is 2.03. The first-order valence-corrected chi connectivity index (χ1v) is 2.63. The Balaban J connectivity index is 0. The van der Waals surface area contributed by atoms with Crippen LogP contribution in [0.15, 0.2) is 0 Å². The van der Waals surface area contributed by atoms with Crippen LogP contribution in [0.4, 0.5) is 8.78 Å². The Labute approximate surface area is 63.6 Å². The molecule has 0 bridgehead atoms. The standard InChI is InChI=1S/C5H8F2O2.ClH/c6-4(7)2-1-3-5(8)9;/h4H,1-3H2,(H,8,9);1H. The van der Waals surface area contributed by atoms with Gasteiger partial charge in [0, 0.05) is 12.8 Å². The molecule has 0 unspecified atom stereocenters. The predicted octanol–water partition coefficient (Wildman–Crippen LogP) is 1.93. The van der Waals surface area contributed by atoms with Crippen LogP contribution in [-0.2, 0) is 4.79 Å². The number of hydrogen-bond acceptors (Lipinski definition) is 1. The summed E-state index contributed by atoms with van der Waals surface area (Å²) < 4.78 is 22.6. The average Bonchev–Trinajstić information content (AvgIpc) is 1.63. The van der Waals surface area contributed by atoms with Gasteiger partial charge in [-0.15, -0.1) is 12.4 Å². The van der Waals surface area contributed by atoms with Gasteiger partial charge in [-0.3, -0.25) is 4.79 Å². The number of aliphatic carboxylic acids is 1. The zero-order chi connectivity index (χ0) is 7.28. The summed E-state index contributed by atoms with van der Waals surface area (Å²) in [4.78, 5) is 9.74. The molecule has 0 saturated heterocycles. The molecule has 0 saturated carbocycles. The number of rotatable bonds is 4. The second-order valence-electron chi connectivity index (χ2n) is 1.68. The fraction of sp³-hybridized carbons (Fsp3) is 0.800. The minimum Gasteiger partial charge on any atom is -0.481 e. The third-order valence-electron chi connectivity index (χ3n) is 0.813. The molecule has 5 heteroatoms. The minimum atomic E-state index is -2.37. The Morgan fingerprint density at radius 3 is 2.30 bits per heavy atom. The highest BCUT2D eigenvalue weighted by Crippen LogP contribution is 2.04. The Morgan fingerprint density at radius 2 is 2.00 bits per heavy atom. The fourth-order valence-electron chi connectivity index (χ4n) is 0.408. The number of halogens is 3. The van der Waals surface area contributed by atoms with E-state index in [2.05, 4.69) is 0 Å². The average molecular weight is 175 g/mol. The molecule has 0 amide bonds. The summed E-state index contributed by atoms with van der Waals surface area (Å²) in [6, 6.07) is 0. The number of alkyl halides is 2. The van der Waals surface area contributed by atoms with E-state index in [-0.39, 0.29) is 31.7 Å².